The van der Waals surface area contributed by atoms with E-state index in [-0.39, 0.29) is 38.0 Å². The first-order valence-corrected chi connectivity index (χ1v) is 9.67. The van der Waals surface area contributed by atoms with Gasteiger partial charge in [-0.05, 0) is 46.5 Å². The van der Waals surface area contributed by atoms with Crippen LogP contribution in [-0.4, -0.2) is 53.5 Å². The Balaban J connectivity index is 2.44. The molecule has 0 heterocycles. The molecule has 136 valence electrons. The second-order valence-electron chi connectivity index (χ2n) is 7.23. The quantitative estimate of drug-likeness (QED) is 0.740. The molecule has 0 radical (unpaired) electrons. The van der Waals surface area contributed by atoms with Crippen LogP contribution < -0.4 is 0 Å². The number of halogens is 2. The van der Waals surface area contributed by atoms with Crippen LogP contribution in [0, 0.1) is 0 Å². The van der Waals surface area contributed by atoms with E-state index in [1.54, 1.807) is 20.8 Å². The first kappa shape index (κ1) is 20.1. The summed E-state index contributed by atoms with van der Waals surface area (Å²) in [4.78, 5) is 12.5. The highest BCUT2D eigenvalue weighted by atomic mass is 32.2. The third-order valence-corrected chi connectivity index (χ3v) is 6.62. The Morgan fingerprint density at radius 1 is 1.22 bits per heavy atom. The number of amides is 1. The topological polar surface area (TPSA) is 74.7 Å². The van der Waals surface area contributed by atoms with Gasteiger partial charge in [-0.2, -0.15) is 0 Å². The van der Waals surface area contributed by atoms with Crippen molar-refractivity contribution in [2.24, 2.45) is 0 Å². The van der Waals surface area contributed by atoms with E-state index in [0.29, 0.717) is 12.8 Å². The molecule has 0 aromatic heterocycles. The molecule has 1 aliphatic rings. The molecule has 1 saturated carbocycles. The number of alkyl halides is 2. The van der Waals surface area contributed by atoms with Crippen LogP contribution in [0.15, 0.2) is 0 Å². The van der Waals surface area contributed by atoms with Crippen molar-refractivity contribution in [3.63, 3.8) is 0 Å². The van der Waals surface area contributed by atoms with Gasteiger partial charge in [0.15, 0.2) is 9.84 Å². The lowest BCUT2D eigenvalue weighted by Gasteiger charge is -2.33. The van der Waals surface area contributed by atoms with Crippen molar-refractivity contribution in [3.8, 4) is 0 Å². The van der Waals surface area contributed by atoms with Crippen molar-refractivity contribution in [2.75, 3.05) is 12.3 Å². The highest BCUT2D eigenvalue weighted by Gasteiger charge is 2.39. The SMILES string of the molecule is CC(C)(C)N(CCCCS(=O)(=O)C1CCC(F)(F)CC1)C(=O)O. The van der Waals surface area contributed by atoms with Gasteiger partial charge < -0.3 is 10.0 Å². The van der Waals surface area contributed by atoms with Crippen LogP contribution in [0.4, 0.5) is 13.6 Å². The molecule has 23 heavy (non-hydrogen) atoms. The summed E-state index contributed by atoms with van der Waals surface area (Å²) in [6.45, 7) is 5.59. The Morgan fingerprint density at radius 2 is 1.74 bits per heavy atom. The number of hydrogen-bond donors (Lipinski definition) is 1. The zero-order valence-corrected chi connectivity index (χ0v) is 14.8. The van der Waals surface area contributed by atoms with Crippen LogP contribution in [0.25, 0.3) is 0 Å². The predicted octanol–water partition coefficient (Wildman–Crippen LogP) is 3.54. The van der Waals surface area contributed by atoms with Crippen molar-refractivity contribution in [1.29, 1.82) is 0 Å². The highest BCUT2D eigenvalue weighted by Crippen LogP contribution is 2.36. The zero-order chi connectivity index (χ0) is 17.9. The largest absolute Gasteiger partial charge is 0.465 e. The second-order valence-corrected chi connectivity index (χ2v) is 9.64. The average molecular weight is 355 g/mol. The Bertz CT molecular complexity index is 504. The summed E-state index contributed by atoms with van der Waals surface area (Å²) in [5.41, 5.74) is -0.542. The first-order chi connectivity index (χ1) is 10.4. The van der Waals surface area contributed by atoms with Crippen LogP contribution in [0.2, 0.25) is 0 Å². The lowest BCUT2D eigenvalue weighted by Crippen LogP contribution is -2.45. The van der Waals surface area contributed by atoms with Crippen molar-refractivity contribution in [1.82, 2.24) is 4.90 Å². The molecule has 0 aliphatic heterocycles. The standard InChI is InChI=1S/C15H27F2NO4S/c1-14(2,3)18(13(19)20)10-4-5-11-23(21,22)12-6-8-15(16,17)9-7-12/h12H,4-11H2,1-3H3,(H,19,20). The normalized spacial score (nSPS) is 19.5. The van der Waals surface area contributed by atoms with E-state index >= 15 is 0 Å². The van der Waals surface area contributed by atoms with Crippen LogP contribution in [-0.2, 0) is 9.84 Å². The maximum atomic E-state index is 13.1. The Morgan fingerprint density at radius 3 is 2.17 bits per heavy atom. The van der Waals surface area contributed by atoms with Crippen molar-refractivity contribution < 1.29 is 27.1 Å². The molecule has 0 unspecified atom stereocenters. The molecule has 0 atom stereocenters. The molecule has 0 spiro atoms. The van der Waals surface area contributed by atoms with Crippen molar-refractivity contribution >= 4 is 15.9 Å². The van der Waals surface area contributed by atoms with Gasteiger partial charge in [0.05, 0.1) is 11.0 Å². The van der Waals surface area contributed by atoms with Gasteiger partial charge in [-0.1, -0.05) is 0 Å². The molecule has 0 aromatic carbocycles. The van der Waals surface area contributed by atoms with Crippen LogP contribution in [0.1, 0.15) is 59.3 Å². The summed E-state index contributed by atoms with van der Waals surface area (Å²) in [6, 6.07) is 0. The van der Waals surface area contributed by atoms with Crippen LogP contribution in [0.5, 0.6) is 0 Å². The molecule has 5 nitrogen and oxygen atoms in total. The van der Waals surface area contributed by atoms with Gasteiger partial charge in [0.1, 0.15) is 0 Å². The molecular formula is C15H27F2NO4S. The maximum Gasteiger partial charge on any atom is 0.407 e. The number of hydrogen-bond acceptors (Lipinski definition) is 3. The lowest BCUT2D eigenvalue weighted by atomic mass is 9.96. The molecule has 1 fully saturated rings. The summed E-state index contributed by atoms with van der Waals surface area (Å²) < 4.78 is 50.6. The summed E-state index contributed by atoms with van der Waals surface area (Å²) >= 11 is 0. The van der Waals surface area contributed by atoms with Gasteiger partial charge in [0.2, 0.25) is 5.92 Å². The van der Waals surface area contributed by atoms with Crippen LogP contribution in [0.3, 0.4) is 0 Å². The number of sulfone groups is 1. The van der Waals surface area contributed by atoms with E-state index in [9.17, 15) is 22.0 Å². The summed E-state index contributed by atoms with van der Waals surface area (Å²) in [5, 5.41) is 8.48. The van der Waals surface area contributed by atoms with Gasteiger partial charge in [-0.3, -0.25) is 0 Å². The van der Waals surface area contributed by atoms with E-state index in [4.69, 9.17) is 5.11 Å². The molecule has 0 bridgehead atoms. The predicted molar refractivity (Wildman–Crippen MR) is 84.7 cm³/mol. The van der Waals surface area contributed by atoms with E-state index in [1.807, 2.05) is 0 Å². The van der Waals surface area contributed by atoms with Gasteiger partial charge >= 0.3 is 6.09 Å². The van der Waals surface area contributed by atoms with Gasteiger partial charge in [0, 0.05) is 24.9 Å². The number of carboxylic acid groups (broad SMARTS) is 1. The van der Waals surface area contributed by atoms with Crippen molar-refractivity contribution in [2.45, 2.75) is 76.0 Å². The minimum absolute atomic E-state index is 0.0125. The lowest BCUT2D eigenvalue weighted by molar-refractivity contribution is -0.0328. The van der Waals surface area contributed by atoms with Crippen molar-refractivity contribution in [3.05, 3.63) is 0 Å². The van der Waals surface area contributed by atoms with E-state index < -0.39 is 32.6 Å². The Hall–Kier alpha value is -0.920. The monoisotopic (exact) mass is 355 g/mol. The molecule has 1 N–H and O–H groups in total. The molecule has 0 saturated heterocycles. The third kappa shape index (κ3) is 6.24. The maximum absolute atomic E-state index is 13.1. The number of carbonyl (C=O) groups is 1. The fourth-order valence-corrected chi connectivity index (χ4v) is 4.72. The number of unbranched alkanes of at least 4 members (excludes halogenated alkanes) is 1. The minimum Gasteiger partial charge on any atom is -0.465 e. The Labute approximate surface area is 137 Å². The molecular weight excluding hydrogens is 328 g/mol. The first-order valence-electron chi connectivity index (χ1n) is 7.95. The number of nitrogens with zero attached hydrogens (tertiary/aromatic N) is 1. The van der Waals surface area contributed by atoms with E-state index in [2.05, 4.69) is 0 Å². The zero-order valence-electron chi connectivity index (χ0n) is 14.0. The third-order valence-electron chi connectivity index (χ3n) is 4.27. The molecule has 0 aromatic rings. The fraction of sp³-hybridized carbons (Fsp3) is 0.933. The van der Waals surface area contributed by atoms with E-state index in [0.717, 1.165) is 0 Å². The number of rotatable bonds is 6. The smallest absolute Gasteiger partial charge is 0.407 e. The average Bonchev–Trinajstić information content (AvgIpc) is 2.35. The molecule has 1 amide bonds. The summed E-state index contributed by atoms with van der Waals surface area (Å²) in [7, 11) is -3.39. The molecule has 1 aliphatic carbocycles. The summed E-state index contributed by atoms with van der Waals surface area (Å²) in [5.74, 6) is -2.80. The summed E-state index contributed by atoms with van der Waals surface area (Å²) in [6.07, 6.45) is -0.964. The van der Waals surface area contributed by atoms with Crippen LogP contribution >= 0.6 is 0 Å². The van der Waals surface area contributed by atoms with Gasteiger partial charge in [-0.25, -0.2) is 22.0 Å². The molecule has 8 heteroatoms. The van der Waals surface area contributed by atoms with E-state index in [1.165, 1.54) is 4.90 Å². The second kappa shape index (κ2) is 7.32. The van der Waals surface area contributed by atoms with Gasteiger partial charge in [-0.15, -0.1) is 0 Å². The highest BCUT2D eigenvalue weighted by molar-refractivity contribution is 7.92. The minimum atomic E-state index is -3.39. The Kier molecular flexibility index (Phi) is 6.40. The molecule has 1 rings (SSSR count). The van der Waals surface area contributed by atoms with Gasteiger partial charge in [0.25, 0.3) is 0 Å². The fourth-order valence-electron chi connectivity index (χ4n) is 2.83.